The molecule has 0 aliphatic heterocycles. The van der Waals surface area contributed by atoms with Gasteiger partial charge in [-0.05, 0) is 40.5 Å². The Morgan fingerprint density at radius 3 is 2.36 bits per heavy atom. The molecule has 0 heterocycles. The van der Waals surface area contributed by atoms with Gasteiger partial charge in [0.2, 0.25) is 0 Å². The number of thioether (sulfide) groups is 1. The summed E-state index contributed by atoms with van der Waals surface area (Å²) >= 11 is 5.38. The molecule has 0 radical (unpaired) electrons. The molecule has 3 heteroatoms. The first kappa shape index (κ1) is 11.9. The van der Waals surface area contributed by atoms with Gasteiger partial charge in [-0.15, -0.1) is 11.8 Å². The van der Waals surface area contributed by atoms with Crippen LogP contribution in [0.15, 0.2) is 21.5 Å². The van der Waals surface area contributed by atoms with Crippen LogP contribution in [0.2, 0.25) is 0 Å². The van der Waals surface area contributed by atoms with Gasteiger partial charge >= 0.3 is 0 Å². The van der Waals surface area contributed by atoms with Gasteiger partial charge in [-0.3, -0.25) is 0 Å². The van der Waals surface area contributed by atoms with Crippen LogP contribution in [0.3, 0.4) is 0 Å². The van der Waals surface area contributed by atoms with Crippen LogP contribution in [-0.4, -0.2) is 4.75 Å². The number of benzene rings is 1. The SMILES string of the molecule is Cc1cc(SC(C)(C)C)c(Br)cc1N. The smallest absolute Gasteiger partial charge is 0.0355 e. The molecule has 14 heavy (non-hydrogen) atoms. The van der Waals surface area contributed by atoms with E-state index in [4.69, 9.17) is 5.73 Å². The molecule has 1 aromatic rings. The van der Waals surface area contributed by atoms with Gasteiger partial charge in [0, 0.05) is 19.8 Å². The molecule has 1 rings (SSSR count). The maximum Gasteiger partial charge on any atom is 0.0355 e. The van der Waals surface area contributed by atoms with Crippen molar-refractivity contribution < 1.29 is 0 Å². The monoisotopic (exact) mass is 273 g/mol. The maximum absolute atomic E-state index is 5.81. The topological polar surface area (TPSA) is 26.0 Å². The van der Waals surface area contributed by atoms with Gasteiger partial charge in [-0.2, -0.15) is 0 Å². The molecule has 0 aliphatic carbocycles. The highest BCUT2D eigenvalue weighted by Crippen LogP contribution is 2.38. The van der Waals surface area contributed by atoms with E-state index in [1.807, 2.05) is 24.8 Å². The first-order chi connectivity index (χ1) is 6.29. The lowest BCUT2D eigenvalue weighted by Crippen LogP contribution is -2.07. The van der Waals surface area contributed by atoms with Gasteiger partial charge in [-0.1, -0.05) is 20.8 Å². The fourth-order valence-corrected chi connectivity index (χ4v) is 2.73. The average Bonchev–Trinajstić information content (AvgIpc) is 1.97. The van der Waals surface area contributed by atoms with E-state index in [2.05, 4.69) is 42.8 Å². The zero-order chi connectivity index (χ0) is 10.9. The van der Waals surface area contributed by atoms with Crippen molar-refractivity contribution in [2.75, 3.05) is 5.73 Å². The van der Waals surface area contributed by atoms with Crippen LogP contribution in [0.1, 0.15) is 26.3 Å². The lowest BCUT2D eigenvalue weighted by Gasteiger charge is -2.19. The molecule has 0 atom stereocenters. The Hall–Kier alpha value is -0.150. The number of nitrogens with two attached hydrogens (primary N) is 1. The Kier molecular flexibility index (Phi) is 3.53. The van der Waals surface area contributed by atoms with Crippen molar-refractivity contribution in [2.45, 2.75) is 37.3 Å². The van der Waals surface area contributed by atoms with E-state index in [0.717, 1.165) is 15.7 Å². The summed E-state index contributed by atoms with van der Waals surface area (Å²) in [6.45, 7) is 8.65. The molecular weight excluding hydrogens is 258 g/mol. The highest BCUT2D eigenvalue weighted by molar-refractivity contribution is 9.10. The first-order valence-electron chi connectivity index (χ1n) is 4.54. The lowest BCUT2D eigenvalue weighted by atomic mass is 10.2. The van der Waals surface area contributed by atoms with Crippen molar-refractivity contribution in [3.8, 4) is 0 Å². The van der Waals surface area contributed by atoms with Crippen molar-refractivity contribution in [3.05, 3.63) is 22.2 Å². The van der Waals surface area contributed by atoms with E-state index in [0.29, 0.717) is 0 Å². The molecule has 1 aromatic carbocycles. The summed E-state index contributed by atoms with van der Waals surface area (Å²) in [4.78, 5) is 1.25. The summed E-state index contributed by atoms with van der Waals surface area (Å²) < 4.78 is 1.31. The molecule has 0 aromatic heterocycles. The summed E-state index contributed by atoms with van der Waals surface area (Å²) in [6.07, 6.45) is 0. The highest BCUT2D eigenvalue weighted by Gasteiger charge is 2.14. The third kappa shape index (κ3) is 3.21. The van der Waals surface area contributed by atoms with E-state index in [1.165, 1.54) is 4.90 Å². The van der Waals surface area contributed by atoms with Gasteiger partial charge in [0.25, 0.3) is 0 Å². The second-order valence-electron chi connectivity index (χ2n) is 4.35. The third-order valence-corrected chi connectivity index (χ3v) is 3.83. The standard InChI is InChI=1S/C11H16BrNS/c1-7-5-10(14-11(2,3)4)8(12)6-9(7)13/h5-6H,13H2,1-4H3. The normalized spacial score (nSPS) is 11.8. The summed E-state index contributed by atoms with van der Waals surface area (Å²) in [5.74, 6) is 0. The minimum absolute atomic E-state index is 0.227. The molecule has 2 N–H and O–H groups in total. The van der Waals surface area contributed by atoms with Crippen LogP contribution >= 0.6 is 27.7 Å². The Morgan fingerprint density at radius 2 is 1.86 bits per heavy atom. The van der Waals surface area contributed by atoms with Gasteiger partial charge in [0.1, 0.15) is 0 Å². The predicted molar refractivity (Wildman–Crippen MR) is 68.9 cm³/mol. The molecule has 78 valence electrons. The third-order valence-electron chi connectivity index (χ3n) is 1.74. The Bertz CT molecular complexity index is 342. The predicted octanol–water partition coefficient (Wildman–Crippen LogP) is 4.23. The lowest BCUT2D eigenvalue weighted by molar-refractivity contribution is 0.802. The quantitative estimate of drug-likeness (QED) is 0.612. The van der Waals surface area contributed by atoms with E-state index in [-0.39, 0.29) is 4.75 Å². The first-order valence-corrected chi connectivity index (χ1v) is 6.15. The Labute approximate surface area is 98.6 Å². The second-order valence-corrected chi connectivity index (χ2v) is 7.08. The molecule has 0 unspecified atom stereocenters. The van der Waals surface area contributed by atoms with Crippen molar-refractivity contribution in [1.29, 1.82) is 0 Å². The zero-order valence-electron chi connectivity index (χ0n) is 9.02. The summed E-state index contributed by atoms with van der Waals surface area (Å²) in [5.41, 5.74) is 7.80. The highest BCUT2D eigenvalue weighted by atomic mass is 79.9. The van der Waals surface area contributed by atoms with Crippen molar-refractivity contribution in [1.82, 2.24) is 0 Å². The molecule has 0 fully saturated rings. The summed E-state index contributed by atoms with van der Waals surface area (Å²) in [6, 6.07) is 4.11. The van der Waals surface area contributed by atoms with Crippen molar-refractivity contribution >= 4 is 33.4 Å². The van der Waals surface area contributed by atoms with Crippen LogP contribution < -0.4 is 5.73 Å². The molecule has 0 aliphatic rings. The Morgan fingerprint density at radius 1 is 1.29 bits per heavy atom. The van der Waals surface area contributed by atoms with Gasteiger partial charge in [0.15, 0.2) is 0 Å². The molecule has 0 spiro atoms. The van der Waals surface area contributed by atoms with Crippen LogP contribution in [0.25, 0.3) is 0 Å². The number of anilines is 1. The largest absolute Gasteiger partial charge is 0.398 e. The molecular formula is C11H16BrNS. The molecule has 0 saturated carbocycles. The second kappa shape index (κ2) is 4.15. The van der Waals surface area contributed by atoms with Gasteiger partial charge < -0.3 is 5.73 Å². The molecule has 0 saturated heterocycles. The van der Waals surface area contributed by atoms with Crippen LogP contribution in [0.5, 0.6) is 0 Å². The molecule has 0 bridgehead atoms. The number of hydrogen-bond donors (Lipinski definition) is 1. The minimum Gasteiger partial charge on any atom is -0.398 e. The fourth-order valence-electron chi connectivity index (χ4n) is 1.08. The number of halogens is 1. The van der Waals surface area contributed by atoms with Crippen LogP contribution in [-0.2, 0) is 0 Å². The number of hydrogen-bond acceptors (Lipinski definition) is 2. The number of aryl methyl sites for hydroxylation is 1. The number of rotatable bonds is 1. The van der Waals surface area contributed by atoms with Crippen LogP contribution in [0.4, 0.5) is 5.69 Å². The van der Waals surface area contributed by atoms with E-state index in [9.17, 15) is 0 Å². The van der Waals surface area contributed by atoms with Crippen molar-refractivity contribution in [2.24, 2.45) is 0 Å². The summed E-state index contributed by atoms with van der Waals surface area (Å²) in [5, 5.41) is 0. The van der Waals surface area contributed by atoms with Crippen molar-refractivity contribution in [3.63, 3.8) is 0 Å². The van der Waals surface area contributed by atoms with Gasteiger partial charge in [-0.25, -0.2) is 0 Å². The maximum atomic E-state index is 5.81. The van der Waals surface area contributed by atoms with E-state index in [1.54, 1.807) is 0 Å². The average molecular weight is 274 g/mol. The van der Waals surface area contributed by atoms with Crippen LogP contribution in [0, 0.1) is 6.92 Å². The van der Waals surface area contributed by atoms with Gasteiger partial charge in [0.05, 0.1) is 0 Å². The number of nitrogen functional groups attached to an aromatic ring is 1. The van der Waals surface area contributed by atoms with E-state index >= 15 is 0 Å². The van der Waals surface area contributed by atoms with E-state index < -0.39 is 0 Å². The Balaban J connectivity index is 3.04. The zero-order valence-corrected chi connectivity index (χ0v) is 11.4. The molecule has 0 amide bonds. The molecule has 1 nitrogen and oxygen atoms in total. The minimum atomic E-state index is 0.227. The fraction of sp³-hybridized carbons (Fsp3) is 0.455. The summed E-state index contributed by atoms with van der Waals surface area (Å²) in [7, 11) is 0.